The zero-order valence-corrected chi connectivity index (χ0v) is 14.0. The number of benzene rings is 1. The number of nitrogens with one attached hydrogen (secondary N) is 1. The van der Waals surface area contributed by atoms with Gasteiger partial charge in [0.2, 0.25) is 5.43 Å². The largest absolute Gasteiger partial charge is 0.393 e. The van der Waals surface area contributed by atoms with Crippen LogP contribution in [-0.4, -0.2) is 39.1 Å². The Bertz CT molecular complexity index is 872. The fourth-order valence-electron chi connectivity index (χ4n) is 4.47. The fourth-order valence-corrected chi connectivity index (χ4v) is 4.47. The summed E-state index contributed by atoms with van der Waals surface area (Å²) in [6.07, 6.45) is 4.29. The number of fused-ring (bicyclic) bond motifs is 3. The van der Waals surface area contributed by atoms with Crippen molar-refractivity contribution in [3.8, 4) is 0 Å². The van der Waals surface area contributed by atoms with Gasteiger partial charge in [-0.2, -0.15) is 0 Å². The number of nitrogens with zero attached hydrogens (tertiary/aromatic N) is 1. The third-order valence-corrected chi connectivity index (χ3v) is 5.50. The number of aliphatic hydroxyl groups excluding tert-OH is 1. The maximum atomic E-state index is 13.0. The van der Waals surface area contributed by atoms with Crippen LogP contribution in [0.4, 0.5) is 0 Å². The molecule has 2 aliphatic heterocycles. The number of amides is 1. The van der Waals surface area contributed by atoms with Crippen molar-refractivity contribution in [3.63, 3.8) is 0 Å². The van der Waals surface area contributed by atoms with Crippen LogP contribution in [0.3, 0.4) is 0 Å². The van der Waals surface area contributed by atoms with Gasteiger partial charge >= 0.3 is 0 Å². The second kappa shape index (κ2) is 5.45. The normalized spacial score (nSPS) is 26.1. The number of carbonyl (C=O) groups excluding carboxylic acids is 1. The third-order valence-electron chi connectivity index (χ3n) is 5.50. The Balaban J connectivity index is 1.79. The number of pyridine rings is 1. The van der Waals surface area contributed by atoms with Gasteiger partial charge < -0.3 is 15.0 Å². The molecule has 1 aromatic heterocycles. The van der Waals surface area contributed by atoms with Gasteiger partial charge in [-0.15, -0.1) is 0 Å². The third kappa shape index (κ3) is 2.26. The van der Waals surface area contributed by atoms with Gasteiger partial charge in [0.25, 0.3) is 5.91 Å². The van der Waals surface area contributed by atoms with Gasteiger partial charge in [-0.3, -0.25) is 9.59 Å². The molecule has 2 N–H and O–H groups in total. The van der Waals surface area contributed by atoms with Crippen molar-refractivity contribution in [2.75, 3.05) is 0 Å². The minimum Gasteiger partial charge on any atom is -0.393 e. The molecule has 2 bridgehead atoms. The van der Waals surface area contributed by atoms with Crippen LogP contribution < -0.4 is 5.43 Å². The quantitative estimate of drug-likeness (QED) is 0.844. The second-order valence-electron chi connectivity index (χ2n) is 7.26. The molecule has 1 amide bonds. The molecule has 3 heterocycles. The predicted octanol–water partition coefficient (Wildman–Crippen LogP) is 2.27. The van der Waals surface area contributed by atoms with Crippen LogP contribution in [0.25, 0.3) is 10.9 Å². The van der Waals surface area contributed by atoms with Crippen molar-refractivity contribution in [3.05, 3.63) is 45.2 Å². The Morgan fingerprint density at radius 1 is 1.21 bits per heavy atom. The summed E-state index contributed by atoms with van der Waals surface area (Å²) in [4.78, 5) is 30.9. The summed E-state index contributed by atoms with van der Waals surface area (Å²) in [5, 5.41) is 10.5. The number of hydrogen-bond donors (Lipinski definition) is 2. The van der Waals surface area contributed by atoms with Gasteiger partial charge in [0.15, 0.2) is 0 Å². The number of aryl methyl sites for hydroxylation is 2. The molecule has 2 aromatic rings. The highest BCUT2D eigenvalue weighted by atomic mass is 16.3. The SMILES string of the molecule is Cc1cc(C)c2[nH]cc(C(=O)N3[C@H]4CC[C@H]3CC(O)C4)c(=O)c2c1. The molecule has 5 nitrogen and oxygen atoms in total. The summed E-state index contributed by atoms with van der Waals surface area (Å²) in [6.45, 7) is 3.91. The Morgan fingerprint density at radius 2 is 1.88 bits per heavy atom. The summed E-state index contributed by atoms with van der Waals surface area (Å²) in [5.41, 5.74) is 2.81. The number of aliphatic hydroxyl groups is 1. The number of piperidine rings is 1. The zero-order valence-electron chi connectivity index (χ0n) is 14.0. The van der Waals surface area contributed by atoms with Crippen LogP contribution in [0.2, 0.25) is 0 Å². The number of carbonyl (C=O) groups is 1. The first kappa shape index (κ1) is 15.4. The van der Waals surface area contributed by atoms with E-state index in [1.165, 1.54) is 0 Å². The van der Waals surface area contributed by atoms with Gasteiger partial charge in [0, 0.05) is 23.7 Å². The molecule has 0 saturated carbocycles. The van der Waals surface area contributed by atoms with E-state index in [-0.39, 0.29) is 35.1 Å². The van der Waals surface area contributed by atoms with E-state index in [2.05, 4.69) is 4.98 Å². The smallest absolute Gasteiger partial charge is 0.259 e. The lowest BCUT2D eigenvalue weighted by Gasteiger charge is -2.37. The maximum Gasteiger partial charge on any atom is 0.259 e. The zero-order chi connectivity index (χ0) is 17.0. The lowest BCUT2D eigenvalue weighted by molar-refractivity contribution is 0.0286. The van der Waals surface area contributed by atoms with E-state index in [4.69, 9.17) is 0 Å². The van der Waals surface area contributed by atoms with Crippen molar-refractivity contribution in [1.82, 2.24) is 9.88 Å². The lowest BCUT2D eigenvalue weighted by atomic mass is 9.98. The van der Waals surface area contributed by atoms with E-state index < -0.39 is 0 Å². The van der Waals surface area contributed by atoms with Crippen LogP contribution in [0.15, 0.2) is 23.1 Å². The number of H-pyrrole nitrogens is 1. The molecule has 2 fully saturated rings. The predicted molar refractivity (Wildman–Crippen MR) is 92.3 cm³/mol. The van der Waals surface area contributed by atoms with Crippen LogP contribution in [0.5, 0.6) is 0 Å². The Kier molecular flexibility index (Phi) is 3.49. The van der Waals surface area contributed by atoms with E-state index in [1.807, 2.05) is 30.9 Å². The first-order chi connectivity index (χ1) is 11.5. The summed E-state index contributed by atoms with van der Waals surface area (Å²) >= 11 is 0. The average molecular weight is 326 g/mol. The number of aromatic amines is 1. The summed E-state index contributed by atoms with van der Waals surface area (Å²) in [6, 6.07) is 3.97. The molecule has 0 unspecified atom stereocenters. The monoisotopic (exact) mass is 326 g/mol. The van der Waals surface area contributed by atoms with Crippen LogP contribution in [-0.2, 0) is 0 Å². The second-order valence-corrected chi connectivity index (χ2v) is 7.26. The molecule has 2 atom stereocenters. The Labute approximate surface area is 140 Å². The molecule has 126 valence electrons. The van der Waals surface area contributed by atoms with Crippen molar-refractivity contribution in [1.29, 1.82) is 0 Å². The fraction of sp³-hybridized carbons (Fsp3) is 0.474. The average Bonchev–Trinajstić information content (AvgIpc) is 2.79. The summed E-state index contributed by atoms with van der Waals surface area (Å²) < 4.78 is 0. The molecule has 2 saturated heterocycles. The highest BCUT2D eigenvalue weighted by molar-refractivity contribution is 5.98. The number of rotatable bonds is 1. The van der Waals surface area contributed by atoms with Crippen molar-refractivity contribution >= 4 is 16.8 Å². The van der Waals surface area contributed by atoms with Crippen LogP contribution in [0.1, 0.15) is 47.2 Å². The topological polar surface area (TPSA) is 73.4 Å². The van der Waals surface area contributed by atoms with Crippen molar-refractivity contribution < 1.29 is 9.90 Å². The molecule has 1 aromatic carbocycles. The Morgan fingerprint density at radius 3 is 2.54 bits per heavy atom. The summed E-state index contributed by atoms with van der Waals surface area (Å²) in [7, 11) is 0. The van der Waals surface area contributed by atoms with E-state index >= 15 is 0 Å². The van der Waals surface area contributed by atoms with E-state index in [9.17, 15) is 14.7 Å². The first-order valence-corrected chi connectivity index (χ1v) is 8.59. The van der Waals surface area contributed by atoms with Crippen molar-refractivity contribution in [2.24, 2.45) is 0 Å². The number of aromatic nitrogens is 1. The molecule has 0 radical (unpaired) electrons. The molecule has 2 aliphatic rings. The minimum atomic E-state index is -0.327. The lowest BCUT2D eigenvalue weighted by Crippen LogP contribution is -2.49. The number of hydrogen-bond acceptors (Lipinski definition) is 3. The standard InChI is InChI=1S/C19H22N2O3/c1-10-5-11(2)17-15(6-10)18(23)16(9-20-17)19(24)21-12-3-4-13(21)8-14(22)7-12/h5-6,9,12-14,22H,3-4,7-8H2,1-2H3,(H,20,23)/t12-,13-/m0/s1. The van der Waals surface area contributed by atoms with E-state index in [0.717, 1.165) is 29.5 Å². The molecule has 5 heteroatoms. The highest BCUT2D eigenvalue weighted by Gasteiger charge is 2.43. The van der Waals surface area contributed by atoms with Gasteiger partial charge in [-0.25, -0.2) is 0 Å². The van der Waals surface area contributed by atoms with Gasteiger partial charge in [0.05, 0.1) is 11.6 Å². The van der Waals surface area contributed by atoms with Crippen LogP contribution in [0, 0.1) is 13.8 Å². The highest BCUT2D eigenvalue weighted by Crippen LogP contribution is 2.36. The Hall–Kier alpha value is -2.14. The molecular weight excluding hydrogens is 304 g/mol. The van der Waals surface area contributed by atoms with E-state index in [1.54, 1.807) is 6.20 Å². The maximum absolute atomic E-state index is 13.0. The van der Waals surface area contributed by atoms with Gasteiger partial charge in [0.1, 0.15) is 5.56 Å². The molecular formula is C19H22N2O3. The summed E-state index contributed by atoms with van der Waals surface area (Å²) in [5.74, 6) is -0.197. The minimum absolute atomic E-state index is 0.0561. The molecule has 0 aliphatic carbocycles. The van der Waals surface area contributed by atoms with Crippen LogP contribution >= 0.6 is 0 Å². The van der Waals surface area contributed by atoms with E-state index in [0.29, 0.717) is 18.2 Å². The molecule has 0 spiro atoms. The first-order valence-electron chi connectivity index (χ1n) is 8.59. The van der Waals surface area contributed by atoms with Crippen molar-refractivity contribution in [2.45, 2.75) is 57.7 Å². The molecule has 4 rings (SSSR count). The van der Waals surface area contributed by atoms with Gasteiger partial charge in [-0.1, -0.05) is 6.07 Å². The molecule has 24 heavy (non-hydrogen) atoms. The van der Waals surface area contributed by atoms with Gasteiger partial charge in [-0.05, 0) is 56.7 Å².